The minimum atomic E-state index is 0.444. The quantitative estimate of drug-likeness (QED) is 0.276. The molecule has 1 aromatic heterocycles. The van der Waals surface area contributed by atoms with E-state index in [4.69, 9.17) is 13.9 Å². The third kappa shape index (κ3) is 7.46. The van der Waals surface area contributed by atoms with E-state index in [0.717, 1.165) is 48.0 Å². The van der Waals surface area contributed by atoms with Crippen LogP contribution in [0.4, 0.5) is 0 Å². The van der Waals surface area contributed by atoms with Crippen LogP contribution in [0, 0.1) is 0 Å². The number of benzene rings is 2. The van der Waals surface area contributed by atoms with Crippen molar-refractivity contribution in [2.24, 2.45) is 4.99 Å². The summed E-state index contributed by atoms with van der Waals surface area (Å²) >= 11 is 0. The summed E-state index contributed by atoms with van der Waals surface area (Å²) in [7, 11) is 1.66. The summed E-state index contributed by atoms with van der Waals surface area (Å²) in [6.07, 6.45) is 2.53. The van der Waals surface area contributed by atoms with E-state index in [9.17, 15) is 0 Å². The van der Waals surface area contributed by atoms with Crippen molar-refractivity contribution in [2.45, 2.75) is 26.5 Å². The summed E-state index contributed by atoms with van der Waals surface area (Å²) in [5, 5.41) is 6.57. The number of ether oxygens (including phenoxy) is 2. The Kier molecular flexibility index (Phi) is 8.94. The second-order valence-electron chi connectivity index (χ2n) is 6.89. The molecule has 0 spiro atoms. The van der Waals surface area contributed by atoms with Gasteiger partial charge in [0.2, 0.25) is 5.89 Å². The van der Waals surface area contributed by atoms with Gasteiger partial charge in [-0.1, -0.05) is 30.3 Å². The van der Waals surface area contributed by atoms with Crippen molar-refractivity contribution in [3.05, 3.63) is 72.1 Å². The number of guanidine groups is 1. The van der Waals surface area contributed by atoms with Crippen LogP contribution < -0.4 is 15.4 Å². The molecule has 0 unspecified atom stereocenters. The molecule has 0 atom stereocenters. The van der Waals surface area contributed by atoms with Crippen molar-refractivity contribution in [1.29, 1.82) is 0 Å². The Morgan fingerprint density at radius 2 is 1.87 bits per heavy atom. The SMILES string of the molecule is CCNC(=NCc1coc(-c2ccccc2)n1)NCCCOCc1ccc(OC)cc1. The average molecular weight is 423 g/mol. The number of aromatic nitrogens is 1. The molecule has 1 heterocycles. The number of methoxy groups -OCH3 is 1. The number of oxazole rings is 1. The molecule has 0 radical (unpaired) electrons. The molecule has 0 bridgehead atoms. The summed E-state index contributed by atoms with van der Waals surface area (Å²) in [6, 6.07) is 17.8. The molecule has 0 aliphatic carbocycles. The largest absolute Gasteiger partial charge is 0.497 e. The third-order valence-electron chi connectivity index (χ3n) is 4.50. The minimum Gasteiger partial charge on any atom is -0.497 e. The van der Waals surface area contributed by atoms with Crippen LogP contribution in [-0.2, 0) is 17.9 Å². The number of rotatable bonds is 11. The van der Waals surface area contributed by atoms with Crippen molar-refractivity contribution in [2.75, 3.05) is 26.8 Å². The highest BCUT2D eigenvalue weighted by Gasteiger charge is 2.06. The lowest BCUT2D eigenvalue weighted by Crippen LogP contribution is -2.38. The van der Waals surface area contributed by atoms with Gasteiger partial charge in [-0.05, 0) is 43.2 Å². The van der Waals surface area contributed by atoms with Gasteiger partial charge in [0.15, 0.2) is 5.96 Å². The molecule has 0 saturated heterocycles. The summed E-state index contributed by atoms with van der Waals surface area (Å²) in [5.41, 5.74) is 2.88. The maximum atomic E-state index is 5.75. The van der Waals surface area contributed by atoms with Crippen LogP contribution in [0.3, 0.4) is 0 Å². The Balaban J connectivity index is 1.39. The second-order valence-corrected chi connectivity index (χ2v) is 6.89. The van der Waals surface area contributed by atoms with Gasteiger partial charge in [0, 0.05) is 25.3 Å². The van der Waals surface area contributed by atoms with Gasteiger partial charge in [0.25, 0.3) is 0 Å². The van der Waals surface area contributed by atoms with Gasteiger partial charge < -0.3 is 24.5 Å². The molecule has 7 nitrogen and oxygen atoms in total. The van der Waals surface area contributed by atoms with Gasteiger partial charge in [-0.15, -0.1) is 0 Å². The lowest BCUT2D eigenvalue weighted by atomic mass is 10.2. The monoisotopic (exact) mass is 422 g/mol. The van der Waals surface area contributed by atoms with Crippen LogP contribution in [0.2, 0.25) is 0 Å². The molecule has 2 aromatic carbocycles. The topological polar surface area (TPSA) is 80.9 Å². The molecule has 2 N–H and O–H groups in total. The fraction of sp³-hybridized carbons (Fsp3) is 0.333. The van der Waals surface area contributed by atoms with E-state index in [2.05, 4.69) is 20.6 Å². The van der Waals surface area contributed by atoms with Gasteiger partial charge in [0.1, 0.15) is 17.7 Å². The van der Waals surface area contributed by atoms with Crippen LogP contribution in [-0.4, -0.2) is 37.7 Å². The first-order chi connectivity index (χ1) is 15.3. The van der Waals surface area contributed by atoms with E-state index < -0.39 is 0 Å². The lowest BCUT2D eigenvalue weighted by molar-refractivity contribution is 0.119. The fourth-order valence-corrected chi connectivity index (χ4v) is 2.89. The number of aliphatic imine (C=N–C) groups is 1. The number of nitrogens with zero attached hydrogens (tertiary/aromatic N) is 2. The average Bonchev–Trinajstić information content (AvgIpc) is 3.30. The zero-order chi connectivity index (χ0) is 21.7. The Labute approximate surface area is 183 Å². The summed E-state index contributed by atoms with van der Waals surface area (Å²) in [4.78, 5) is 9.11. The maximum Gasteiger partial charge on any atom is 0.226 e. The highest BCUT2D eigenvalue weighted by molar-refractivity contribution is 5.79. The molecule has 0 aliphatic heterocycles. The van der Waals surface area contributed by atoms with Gasteiger partial charge in [-0.25, -0.2) is 9.98 Å². The van der Waals surface area contributed by atoms with Crippen molar-refractivity contribution in [3.8, 4) is 17.2 Å². The summed E-state index contributed by atoms with van der Waals surface area (Å²) < 4.78 is 16.5. The van der Waals surface area contributed by atoms with Crippen molar-refractivity contribution in [3.63, 3.8) is 0 Å². The van der Waals surface area contributed by atoms with Crippen LogP contribution in [0.15, 0.2) is 70.3 Å². The van der Waals surface area contributed by atoms with E-state index in [-0.39, 0.29) is 0 Å². The van der Waals surface area contributed by atoms with E-state index in [1.165, 1.54) is 0 Å². The standard InChI is InChI=1S/C24H30N4O3/c1-3-25-24(26-14-7-15-30-17-19-10-12-22(29-2)13-11-19)27-16-21-18-31-23(28-21)20-8-5-4-6-9-20/h4-6,8-13,18H,3,7,14-17H2,1-2H3,(H2,25,26,27). The van der Waals surface area contributed by atoms with Crippen molar-refractivity contribution >= 4 is 5.96 Å². The Morgan fingerprint density at radius 3 is 2.61 bits per heavy atom. The molecular formula is C24H30N4O3. The normalized spacial score (nSPS) is 11.4. The maximum absolute atomic E-state index is 5.75. The first-order valence-corrected chi connectivity index (χ1v) is 10.5. The van der Waals surface area contributed by atoms with Crippen LogP contribution in [0.5, 0.6) is 5.75 Å². The third-order valence-corrected chi connectivity index (χ3v) is 4.50. The first kappa shape index (κ1) is 22.4. The predicted octanol–water partition coefficient (Wildman–Crippen LogP) is 4.01. The van der Waals surface area contributed by atoms with E-state index in [1.54, 1.807) is 13.4 Å². The number of nitrogens with one attached hydrogen (secondary N) is 2. The summed E-state index contributed by atoms with van der Waals surface area (Å²) in [6.45, 7) is 5.30. The van der Waals surface area contributed by atoms with E-state index >= 15 is 0 Å². The predicted molar refractivity (Wildman–Crippen MR) is 122 cm³/mol. The minimum absolute atomic E-state index is 0.444. The van der Waals surface area contributed by atoms with Crippen LogP contribution >= 0.6 is 0 Å². The molecule has 0 saturated carbocycles. The highest BCUT2D eigenvalue weighted by atomic mass is 16.5. The van der Waals surface area contributed by atoms with Gasteiger partial charge >= 0.3 is 0 Å². The van der Waals surface area contributed by atoms with Crippen molar-refractivity contribution < 1.29 is 13.9 Å². The van der Waals surface area contributed by atoms with E-state index in [1.807, 2.05) is 61.5 Å². The first-order valence-electron chi connectivity index (χ1n) is 10.5. The fourth-order valence-electron chi connectivity index (χ4n) is 2.89. The molecule has 7 heteroatoms. The van der Waals surface area contributed by atoms with Gasteiger partial charge in [-0.2, -0.15) is 0 Å². The molecule has 3 rings (SSSR count). The Morgan fingerprint density at radius 1 is 1.06 bits per heavy atom. The molecule has 164 valence electrons. The Hall–Kier alpha value is -3.32. The molecular weight excluding hydrogens is 392 g/mol. The molecule has 0 fully saturated rings. The number of hydrogen-bond acceptors (Lipinski definition) is 5. The van der Waals surface area contributed by atoms with Gasteiger partial charge in [0.05, 0.1) is 20.3 Å². The van der Waals surface area contributed by atoms with Crippen LogP contribution in [0.25, 0.3) is 11.5 Å². The zero-order valence-corrected chi connectivity index (χ0v) is 18.1. The molecule has 31 heavy (non-hydrogen) atoms. The zero-order valence-electron chi connectivity index (χ0n) is 18.1. The summed E-state index contributed by atoms with van der Waals surface area (Å²) in [5.74, 6) is 2.21. The molecule has 0 amide bonds. The van der Waals surface area contributed by atoms with Crippen LogP contribution in [0.1, 0.15) is 24.6 Å². The van der Waals surface area contributed by atoms with Crippen molar-refractivity contribution in [1.82, 2.24) is 15.6 Å². The highest BCUT2D eigenvalue weighted by Crippen LogP contribution is 2.18. The molecule has 0 aliphatic rings. The van der Waals surface area contributed by atoms with E-state index in [0.29, 0.717) is 25.6 Å². The molecule has 3 aromatic rings. The smallest absolute Gasteiger partial charge is 0.226 e. The van der Waals surface area contributed by atoms with Gasteiger partial charge in [-0.3, -0.25) is 0 Å². The number of hydrogen-bond donors (Lipinski definition) is 2. The lowest BCUT2D eigenvalue weighted by Gasteiger charge is -2.11. The second kappa shape index (κ2) is 12.4. The Bertz CT molecular complexity index is 924.